The summed E-state index contributed by atoms with van der Waals surface area (Å²) in [4.78, 5) is 27.7. The third kappa shape index (κ3) is 5.27. The summed E-state index contributed by atoms with van der Waals surface area (Å²) < 4.78 is 17.4. The normalized spacial score (nSPS) is 21.3. The van der Waals surface area contributed by atoms with Crippen LogP contribution in [0.5, 0.6) is 11.5 Å². The number of halogens is 1. The van der Waals surface area contributed by atoms with Gasteiger partial charge in [0.25, 0.3) is 0 Å². The highest BCUT2D eigenvalue weighted by molar-refractivity contribution is 6.27. The van der Waals surface area contributed by atoms with Crippen LogP contribution < -0.4 is 9.47 Å². The van der Waals surface area contributed by atoms with Crippen LogP contribution in [0.1, 0.15) is 56.2 Å². The Morgan fingerprint density at radius 3 is 2.31 bits per heavy atom. The van der Waals surface area contributed by atoms with Crippen LogP contribution in [-0.2, 0) is 32.9 Å². The number of hydrogen-bond donors (Lipinski definition) is 0. The van der Waals surface area contributed by atoms with E-state index in [1.165, 1.54) is 5.56 Å². The summed E-state index contributed by atoms with van der Waals surface area (Å²) in [6.45, 7) is 5.84. The van der Waals surface area contributed by atoms with Crippen molar-refractivity contribution in [2.75, 3.05) is 25.6 Å². The van der Waals surface area contributed by atoms with Crippen LogP contribution in [0.3, 0.4) is 0 Å². The van der Waals surface area contributed by atoms with Gasteiger partial charge in [-0.25, -0.2) is 0 Å². The van der Waals surface area contributed by atoms with Gasteiger partial charge in [-0.3, -0.25) is 9.59 Å². The highest BCUT2D eigenvalue weighted by atomic mass is 35.5. The van der Waals surface area contributed by atoms with Gasteiger partial charge in [-0.1, -0.05) is 30.3 Å². The van der Waals surface area contributed by atoms with E-state index in [0.717, 1.165) is 23.3 Å². The monoisotopic (exact) mass is 499 g/mol. The van der Waals surface area contributed by atoms with Crippen molar-refractivity contribution in [2.24, 2.45) is 5.92 Å². The van der Waals surface area contributed by atoms with Crippen LogP contribution in [0.4, 0.5) is 0 Å². The molecule has 188 valence electrons. The highest BCUT2D eigenvalue weighted by Crippen LogP contribution is 2.50. The molecule has 0 N–H and O–H groups in total. The fourth-order valence-corrected chi connectivity index (χ4v) is 5.67. The predicted molar refractivity (Wildman–Crippen MR) is 135 cm³/mol. The lowest BCUT2D eigenvalue weighted by atomic mass is 9.68. The van der Waals surface area contributed by atoms with E-state index >= 15 is 0 Å². The van der Waals surface area contributed by atoms with Gasteiger partial charge in [-0.2, -0.15) is 0 Å². The molecule has 7 heteroatoms. The first-order chi connectivity index (χ1) is 17.0. The Bertz CT molecular complexity index is 1030. The first kappa shape index (κ1) is 25.4. The van der Waals surface area contributed by atoms with Crippen molar-refractivity contribution in [2.45, 2.75) is 58.1 Å². The van der Waals surface area contributed by atoms with Crippen LogP contribution in [0.25, 0.3) is 0 Å². The van der Waals surface area contributed by atoms with Crippen molar-refractivity contribution in [1.82, 2.24) is 4.90 Å². The second kappa shape index (κ2) is 11.3. The molecular weight excluding hydrogens is 466 g/mol. The summed E-state index contributed by atoms with van der Waals surface area (Å²) in [6, 6.07) is 13.8. The average molecular weight is 500 g/mol. The fourth-order valence-electron chi connectivity index (χ4n) is 5.52. The molecule has 2 aromatic carbocycles. The zero-order chi connectivity index (χ0) is 24.8. The van der Waals surface area contributed by atoms with Crippen LogP contribution in [0.2, 0.25) is 0 Å². The zero-order valence-electron chi connectivity index (χ0n) is 20.6. The van der Waals surface area contributed by atoms with Crippen molar-refractivity contribution in [3.05, 3.63) is 59.2 Å². The Hall–Kier alpha value is -2.73. The molecule has 0 atom stereocenters. The van der Waals surface area contributed by atoms with Gasteiger partial charge < -0.3 is 19.1 Å². The number of carbonyl (C=O) groups is 2. The Labute approximate surface area is 212 Å². The SMILES string of the molecule is CCOc1cc2c(cc1OCC)[C@]1(CC[C@@H](C(=O)OCc3ccccc3)CC1)N(C(=O)CCl)CC2. The molecule has 1 spiro atoms. The molecule has 0 saturated heterocycles. The van der Waals surface area contributed by atoms with Gasteiger partial charge in [-0.05, 0) is 74.8 Å². The first-order valence-corrected chi connectivity index (χ1v) is 13.1. The fraction of sp³-hybridized carbons (Fsp3) is 0.500. The van der Waals surface area contributed by atoms with E-state index in [1.54, 1.807) is 0 Å². The Morgan fingerprint density at radius 1 is 1.03 bits per heavy atom. The van der Waals surface area contributed by atoms with Gasteiger partial charge in [-0.15, -0.1) is 11.6 Å². The topological polar surface area (TPSA) is 65.1 Å². The number of fused-ring (bicyclic) bond motifs is 2. The van der Waals surface area contributed by atoms with Crippen LogP contribution in [0.15, 0.2) is 42.5 Å². The van der Waals surface area contributed by atoms with E-state index in [2.05, 4.69) is 6.07 Å². The Morgan fingerprint density at radius 2 is 1.69 bits per heavy atom. The molecule has 4 rings (SSSR count). The van der Waals surface area contributed by atoms with Crippen molar-refractivity contribution in [1.29, 1.82) is 0 Å². The number of hydrogen-bond acceptors (Lipinski definition) is 5. The summed E-state index contributed by atoms with van der Waals surface area (Å²) in [6.07, 6.45) is 3.38. The molecular formula is C28H34ClNO5. The van der Waals surface area contributed by atoms with Crippen molar-refractivity contribution in [3.63, 3.8) is 0 Å². The molecule has 0 aromatic heterocycles. The summed E-state index contributed by atoms with van der Waals surface area (Å²) in [5.74, 6) is 0.938. The molecule has 6 nitrogen and oxygen atoms in total. The molecule has 1 aliphatic carbocycles. The van der Waals surface area contributed by atoms with Gasteiger partial charge in [0.05, 0.1) is 24.7 Å². The minimum Gasteiger partial charge on any atom is -0.490 e. The number of rotatable bonds is 8. The predicted octanol–water partition coefficient (Wildman–Crippen LogP) is 5.24. The van der Waals surface area contributed by atoms with E-state index in [4.69, 9.17) is 25.8 Å². The van der Waals surface area contributed by atoms with Crippen LogP contribution in [-0.4, -0.2) is 42.4 Å². The Kier molecular flexibility index (Phi) is 8.22. The molecule has 0 bridgehead atoms. The number of ether oxygens (including phenoxy) is 3. The average Bonchev–Trinajstić information content (AvgIpc) is 2.89. The summed E-state index contributed by atoms with van der Waals surface area (Å²) >= 11 is 6.03. The third-order valence-electron chi connectivity index (χ3n) is 7.18. The van der Waals surface area contributed by atoms with Gasteiger partial charge in [0.1, 0.15) is 12.5 Å². The van der Waals surface area contributed by atoms with Crippen molar-refractivity contribution >= 4 is 23.5 Å². The molecule has 0 radical (unpaired) electrons. The standard InChI is InChI=1S/C28H34ClNO5/c1-3-33-24-16-22-12-15-30(26(31)18-29)28(23(22)17-25(24)34-4-2)13-10-21(11-14-28)27(32)35-19-20-8-6-5-7-9-20/h5-9,16-17,21H,3-4,10-15,18-19H2,1-2H3/t21-,28-. The number of alkyl halides is 1. The number of carbonyl (C=O) groups excluding carboxylic acids is 2. The van der Waals surface area contributed by atoms with E-state index < -0.39 is 5.54 Å². The quantitative estimate of drug-likeness (QED) is 0.367. The smallest absolute Gasteiger partial charge is 0.309 e. The zero-order valence-corrected chi connectivity index (χ0v) is 21.3. The number of nitrogens with zero attached hydrogens (tertiary/aromatic N) is 1. The second-order valence-electron chi connectivity index (χ2n) is 9.15. The van der Waals surface area contributed by atoms with Crippen LogP contribution in [0, 0.1) is 5.92 Å². The molecule has 2 aromatic rings. The maximum Gasteiger partial charge on any atom is 0.309 e. The lowest BCUT2D eigenvalue weighted by molar-refractivity contribution is -0.153. The number of esters is 1. The largest absolute Gasteiger partial charge is 0.490 e. The maximum atomic E-state index is 13.0. The highest BCUT2D eigenvalue weighted by Gasteiger charge is 2.48. The molecule has 1 fully saturated rings. The lowest BCUT2D eigenvalue weighted by Gasteiger charge is -2.51. The van der Waals surface area contributed by atoms with Crippen molar-refractivity contribution in [3.8, 4) is 11.5 Å². The molecule has 1 heterocycles. The summed E-state index contributed by atoms with van der Waals surface area (Å²) in [7, 11) is 0. The third-order valence-corrected chi connectivity index (χ3v) is 7.41. The second-order valence-corrected chi connectivity index (χ2v) is 9.42. The summed E-state index contributed by atoms with van der Waals surface area (Å²) in [5, 5.41) is 0. The molecule has 0 unspecified atom stereocenters. The van der Waals surface area contributed by atoms with E-state index in [1.807, 2.05) is 55.1 Å². The Balaban J connectivity index is 1.58. The molecule has 1 aliphatic heterocycles. The minimum atomic E-state index is -0.508. The van der Waals surface area contributed by atoms with Gasteiger partial charge in [0, 0.05) is 6.54 Å². The maximum absolute atomic E-state index is 13.0. The van der Waals surface area contributed by atoms with Gasteiger partial charge in [0.2, 0.25) is 5.91 Å². The molecule has 2 aliphatic rings. The molecule has 1 amide bonds. The number of benzene rings is 2. The van der Waals surface area contributed by atoms with Gasteiger partial charge in [0.15, 0.2) is 11.5 Å². The molecule has 35 heavy (non-hydrogen) atoms. The lowest BCUT2D eigenvalue weighted by Crippen LogP contribution is -2.55. The van der Waals surface area contributed by atoms with Crippen LogP contribution >= 0.6 is 11.6 Å². The van der Waals surface area contributed by atoms with E-state index in [9.17, 15) is 9.59 Å². The number of amides is 1. The summed E-state index contributed by atoms with van der Waals surface area (Å²) in [5.41, 5.74) is 2.72. The van der Waals surface area contributed by atoms with Gasteiger partial charge >= 0.3 is 5.97 Å². The van der Waals surface area contributed by atoms with Crippen molar-refractivity contribution < 1.29 is 23.8 Å². The minimum absolute atomic E-state index is 0.0605. The first-order valence-electron chi connectivity index (χ1n) is 12.5. The molecule has 1 saturated carbocycles. The van der Waals surface area contributed by atoms with E-state index in [0.29, 0.717) is 51.2 Å². The van der Waals surface area contributed by atoms with E-state index in [-0.39, 0.29) is 30.3 Å².